The fourth-order valence-corrected chi connectivity index (χ4v) is 1.99. The lowest BCUT2D eigenvalue weighted by Gasteiger charge is -2.07. The van der Waals surface area contributed by atoms with Crippen LogP contribution in [-0.4, -0.2) is 28.6 Å². The number of hydrogen-bond donors (Lipinski definition) is 2. The van der Waals surface area contributed by atoms with Crippen molar-refractivity contribution in [3.05, 3.63) is 34.8 Å². The maximum Gasteiger partial charge on any atom is 0.265 e. The Morgan fingerprint density at radius 3 is 2.79 bits per heavy atom. The molecule has 0 atom stereocenters. The molecule has 3 N–H and O–H groups in total. The quantitative estimate of drug-likeness (QED) is 0.634. The maximum atomic E-state index is 11.7. The molecule has 0 spiro atoms. The van der Waals surface area contributed by atoms with E-state index in [1.54, 1.807) is 31.2 Å². The Kier molecular flexibility index (Phi) is 4.30. The number of nitrogens with one attached hydrogen (secondary N) is 1. The summed E-state index contributed by atoms with van der Waals surface area (Å²) in [6.07, 6.45) is 0. The first-order valence-electron chi connectivity index (χ1n) is 5.72. The third-order valence-corrected chi connectivity index (χ3v) is 3.22. The van der Waals surface area contributed by atoms with E-state index in [1.165, 1.54) is 0 Å². The first-order chi connectivity index (χ1) is 9.16. The van der Waals surface area contributed by atoms with Crippen molar-refractivity contribution in [2.24, 2.45) is 0 Å². The molecule has 2 rings (SSSR count). The van der Waals surface area contributed by atoms with Crippen LogP contribution in [0, 0.1) is 6.92 Å². The number of ether oxygens (including phenoxy) is 1. The summed E-state index contributed by atoms with van der Waals surface area (Å²) in [6, 6.07) is 7.10. The summed E-state index contributed by atoms with van der Waals surface area (Å²) in [5, 5.41) is 6.54. The summed E-state index contributed by atoms with van der Waals surface area (Å²) < 4.78 is 9.18. The van der Waals surface area contributed by atoms with Crippen molar-refractivity contribution < 1.29 is 9.53 Å². The van der Waals surface area contributed by atoms with Crippen LogP contribution in [0.4, 0.5) is 5.69 Å². The number of hydrogen-bond acceptors (Lipinski definition) is 6. The number of benzene rings is 1. The van der Waals surface area contributed by atoms with E-state index in [9.17, 15) is 4.79 Å². The van der Waals surface area contributed by atoms with Crippen molar-refractivity contribution in [3.8, 4) is 5.75 Å². The monoisotopic (exact) mass is 278 g/mol. The fourth-order valence-electron chi connectivity index (χ4n) is 1.42. The molecule has 1 heterocycles. The highest BCUT2D eigenvalue weighted by atomic mass is 32.1. The summed E-state index contributed by atoms with van der Waals surface area (Å²) >= 11 is 1.09. The van der Waals surface area contributed by atoms with Gasteiger partial charge in [-0.3, -0.25) is 4.79 Å². The van der Waals surface area contributed by atoms with Gasteiger partial charge in [0.15, 0.2) is 0 Å². The Morgan fingerprint density at radius 2 is 2.16 bits per heavy atom. The molecule has 0 saturated heterocycles. The molecular formula is C12H14N4O2S. The Hall–Kier alpha value is -2.15. The summed E-state index contributed by atoms with van der Waals surface area (Å²) in [5.41, 5.74) is 6.90. The predicted molar refractivity (Wildman–Crippen MR) is 73.3 cm³/mol. The van der Waals surface area contributed by atoms with Crippen LogP contribution in [0.1, 0.15) is 15.4 Å². The van der Waals surface area contributed by atoms with E-state index >= 15 is 0 Å². The predicted octanol–water partition coefficient (Wildman–Crippen LogP) is 1.24. The first-order valence-corrected chi connectivity index (χ1v) is 6.49. The number of carbonyl (C=O) groups is 1. The Labute approximate surface area is 114 Å². The zero-order chi connectivity index (χ0) is 13.7. The van der Waals surface area contributed by atoms with Gasteiger partial charge in [0.1, 0.15) is 17.2 Å². The third kappa shape index (κ3) is 3.65. The van der Waals surface area contributed by atoms with Gasteiger partial charge in [-0.1, -0.05) is 4.49 Å². The van der Waals surface area contributed by atoms with E-state index in [0.717, 1.165) is 17.3 Å². The van der Waals surface area contributed by atoms with Gasteiger partial charge >= 0.3 is 0 Å². The number of nitrogens with two attached hydrogens (primary N) is 1. The highest BCUT2D eigenvalue weighted by molar-refractivity contribution is 7.07. The van der Waals surface area contributed by atoms with Gasteiger partial charge in [0.2, 0.25) is 0 Å². The standard InChI is InChI=1S/C12H14N4O2S/c1-8-11(19-16-15-8)12(17)14-6-7-18-10-4-2-9(13)3-5-10/h2-5H,6-7,13H2,1H3,(H,14,17). The van der Waals surface area contributed by atoms with Gasteiger partial charge in [0, 0.05) is 5.69 Å². The smallest absolute Gasteiger partial charge is 0.265 e. The van der Waals surface area contributed by atoms with E-state index in [1.807, 2.05) is 0 Å². The number of carbonyl (C=O) groups excluding carboxylic acids is 1. The van der Waals surface area contributed by atoms with E-state index in [4.69, 9.17) is 10.5 Å². The van der Waals surface area contributed by atoms with Crippen LogP contribution >= 0.6 is 11.5 Å². The van der Waals surface area contributed by atoms with E-state index in [2.05, 4.69) is 14.9 Å². The highest BCUT2D eigenvalue weighted by Gasteiger charge is 2.11. The summed E-state index contributed by atoms with van der Waals surface area (Å²) in [5.74, 6) is 0.549. The highest BCUT2D eigenvalue weighted by Crippen LogP contribution is 2.12. The van der Waals surface area contributed by atoms with Crippen molar-refractivity contribution in [1.82, 2.24) is 14.9 Å². The number of aryl methyl sites for hydroxylation is 1. The second-order valence-electron chi connectivity index (χ2n) is 3.86. The zero-order valence-corrected chi connectivity index (χ0v) is 11.2. The minimum absolute atomic E-state index is 0.173. The first kappa shape index (κ1) is 13.3. The van der Waals surface area contributed by atoms with E-state index in [0.29, 0.717) is 29.4 Å². The molecule has 0 bridgehead atoms. The molecular weight excluding hydrogens is 264 g/mol. The van der Waals surface area contributed by atoms with Gasteiger partial charge < -0.3 is 15.8 Å². The molecule has 1 aromatic heterocycles. The minimum atomic E-state index is -0.173. The van der Waals surface area contributed by atoms with Gasteiger partial charge in [-0.05, 0) is 42.7 Å². The van der Waals surface area contributed by atoms with Gasteiger partial charge in [0.05, 0.1) is 12.2 Å². The molecule has 0 aliphatic carbocycles. The molecule has 7 heteroatoms. The van der Waals surface area contributed by atoms with Crippen molar-refractivity contribution in [2.45, 2.75) is 6.92 Å². The second kappa shape index (κ2) is 6.14. The third-order valence-electron chi connectivity index (χ3n) is 2.39. The van der Waals surface area contributed by atoms with Crippen molar-refractivity contribution in [1.29, 1.82) is 0 Å². The molecule has 19 heavy (non-hydrogen) atoms. The molecule has 100 valence electrons. The molecule has 6 nitrogen and oxygen atoms in total. The summed E-state index contributed by atoms with van der Waals surface area (Å²) in [6.45, 7) is 2.56. The Balaban J connectivity index is 1.74. The number of rotatable bonds is 5. The van der Waals surface area contributed by atoms with Crippen LogP contribution in [0.5, 0.6) is 5.75 Å². The van der Waals surface area contributed by atoms with Crippen LogP contribution < -0.4 is 15.8 Å². The lowest BCUT2D eigenvalue weighted by molar-refractivity contribution is 0.0950. The largest absolute Gasteiger partial charge is 0.492 e. The Morgan fingerprint density at radius 1 is 1.42 bits per heavy atom. The average molecular weight is 278 g/mol. The summed E-state index contributed by atoms with van der Waals surface area (Å²) in [7, 11) is 0. The Bertz CT molecular complexity index is 553. The van der Waals surface area contributed by atoms with Gasteiger partial charge in [-0.25, -0.2) is 0 Å². The van der Waals surface area contributed by atoms with Crippen LogP contribution in [0.2, 0.25) is 0 Å². The minimum Gasteiger partial charge on any atom is -0.492 e. The van der Waals surface area contributed by atoms with Gasteiger partial charge in [-0.15, -0.1) is 5.10 Å². The van der Waals surface area contributed by atoms with Gasteiger partial charge in [-0.2, -0.15) is 0 Å². The van der Waals surface area contributed by atoms with E-state index in [-0.39, 0.29) is 5.91 Å². The topological polar surface area (TPSA) is 90.1 Å². The average Bonchev–Trinajstić information content (AvgIpc) is 2.83. The molecule has 0 unspecified atom stereocenters. The van der Waals surface area contributed by atoms with Crippen LogP contribution in [0.15, 0.2) is 24.3 Å². The zero-order valence-electron chi connectivity index (χ0n) is 10.4. The van der Waals surface area contributed by atoms with Crippen LogP contribution in [-0.2, 0) is 0 Å². The lowest BCUT2D eigenvalue weighted by Crippen LogP contribution is -2.27. The lowest BCUT2D eigenvalue weighted by atomic mass is 10.3. The molecule has 1 aromatic carbocycles. The van der Waals surface area contributed by atoms with Crippen molar-refractivity contribution in [3.63, 3.8) is 0 Å². The van der Waals surface area contributed by atoms with Crippen LogP contribution in [0.25, 0.3) is 0 Å². The fraction of sp³-hybridized carbons (Fsp3) is 0.250. The number of aromatic nitrogens is 2. The SMILES string of the molecule is Cc1nnsc1C(=O)NCCOc1ccc(N)cc1. The second-order valence-corrected chi connectivity index (χ2v) is 4.61. The molecule has 0 aliphatic heterocycles. The van der Waals surface area contributed by atoms with Gasteiger partial charge in [0.25, 0.3) is 5.91 Å². The molecule has 1 amide bonds. The van der Waals surface area contributed by atoms with Crippen molar-refractivity contribution >= 4 is 23.1 Å². The van der Waals surface area contributed by atoms with Crippen LogP contribution in [0.3, 0.4) is 0 Å². The normalized spacial score (nSPS) is 10.2. The maximum absolute atomic E-state index is 11.7. The number of amides is 1. The summed E-state index contributed by atoms with van der Waals surface area (Å²) in [4.78, 5) is 12.3. The van der Waals surface area contributed by atoms with Crippen molar-refractivity contribution in [2.75, 3.05) is 18.9 Å². The molecule has 0 saturated carbocycles. The number of nitrogens with zero attached hydrogens (tertiary/aromatic N) is 2. The molecule has 0 radical (unpaired) electrons. The number of nitrogen functional groups attached to an aromatic ring is 1. The van der Waals surface area contributed by atoms with E-state index < -0.39 is 0 Å². The number of anilines is 1. The molecule has 0 fully saturated rings. The molecule has 0 aliphatic rings. The molecule has 2 aromatic rings.